The molecule has 0 bridgehead atoms. The summed E-state index contributed by atoms with van der Waals surface area (Å²) in [5.74, 6) is 3.93. The number of pyridine rings is 2. The quantitative estimate of drug-likeness (QED) is 0.169. The van der Waals surface area contributed by atoms with Crippen LogP contribution in [0, 0.1) is 0 Å². The van der Waals surface area contributed by atoms with Crippen molar-refractivity contribution in [2.45, 2.75) is 0 Å². The summed E-state index contributed by atoms with van der Waals surface area (Å²) in [5.41, 5.74) is 11.5. The minimum absolute atomic E-state index is 0.489. The van der Waals surface area contributed by atoms with Crippen LogP contribution in [-0.4, -0.2) is 19.9 Å². The molecule has 10 heteroatoms. The maximum atomic E-state index is 6.49. The third kappa shape index (κ3) is 5.05. The smallest absolute Gasteiger partial charge is 0.227 e. The summed E-state index contributed by atoms with van der Waals surface area (Å²) in [7, 11) is 0. The standard InChI is InChI=1S/C48H28N6O4/c1-5-13-41-35(9-1)53(36-10-2-6-14-42(36)55-41)39-25-29(47-51-33-21-23-49-27-45(33)57-47)17-19-31(39)32-20-18-30(48-52-34-22-24-50-28-46(34)58-48)26-40(32)54-37-11-3-7-15-43(37)56-44-16-8-4-12-38(44)54/h1-28H. The Morgan fingerprint density at radius 2 is 0.759 bits per heavy atom. The number of aromatic nitrogens is 4. The van der Waals surface area contributed by atoms with Crippen LogP contribution in [0.2, 0.25) is 0 Å². The maximum Gasteiger partial charge on any atom is 0.227 e. The van der Waals surface area contributed by atoms with Crippen LogP contribution < -0.4 is 19.3 Å². The maximum absolute atomic E-state index is 6.49. The van der Waals surface area contributed by atoms with Crippen molar-refractivity contribution in [1.82, 2.24) is 19.9 Å². The molecule has 0 unspecified atom stereocenters. The molecule has 10 nitrogen and oxygen atoms in total. The molecule has 58 heavy (non-hydrogen) atoms. The zero-order valence-corrected chi connectivity index (χ0v) is 30.5. The molecule has 0 N–H and O–H groups in total. The fourth-order valence-corrected chi connectivity index (χ4v) is 7.89. The highest BCUT2D eigenvalue weighted by Crippen LogP contribution is 2.56. The normalized spacial score (nSPS) is 12.7. The summed E-state index contributed by atoms with van der Waals surface area (Å²) in [5, 5.41) is 0. The summed E-state index contributed by atoms with van der Waals surface area (Å²) in [6, 6.07) is 48.7. The number of fused-ring (bicyclic) bond motifs is 6. The molecular weight excluding hydrogens is 725 g/mol. The van der Waals surface area contributed by atoms with Gasteiger partial charge in [-0.3, -0.25) is 9.97 Å². The SMILES string of the molecule is c1ccc2c(c1)Oc1ccccc1N2c1cc(-c2nc3ccncc3o2)ccc1-c1ccc(-c2nc3ccncc3o2)cc1N1c2ccccc2Oc2ccccc21. The number of benzene rings is 6. The van der Waals surface area contributed by atoms with Crippen molar-refractivity contribution in [3.8, 4) is 57.0 Å². The van der Waals surface area contributed by atoms with E-state index in [-0.39, 0.29) is 0 Å². The summed E-state index contributed by atoms with van der Waals surface area (Å²) in [6.45, 7) is 0. The second-order valence-corrected chi connectivity index (χ2v) is 13.9. The highest BCUT2D eigenvalue weighted by atomic mass is 16.5. The fourth-order valence-electron chi connectivity index (χ4n) is 7.89. The molecule has 2 aliphatic heterocycles. The Morgan fingerprint density at radius 3 is 1.14 bits per heavy atom. The number of anilines is 6. The number of oxazole rings is 2. The molecular formula is C48H28N6O4. The molecule has 0 radical (unpaired) electrons. The van der Waals surface area contributed by atoms with E-state index in [1.807, 2.05) is 84.9 Å². The van der Waals surface area contributed by atoms with Crippen LogP contribution in [0.4, 0.5) is 34.1 Å². The Labute approximate surface area is 330 Å². The summed E-state index contributed by atoms with van der Waals surface area (Å²) in [6.07, 6.45) is 6.81. The molecule has 10 aromatic rings. The van der Waals surface area contributed by atoms with Gasteiger partial charge in [-0.25, -0.2) is 9.97 Å². The van der Waals surface area contributed by atoms with E-state index in [2.05, 4.69) is 80.4 Å². The van der Waals surface area contributed by atoms with Crippen LogP contribution in [0.1, 0.15) is 0 Å². The monoisotopic (exact) mass is 752 g/mol. The number of rotatable bonds is 5. The van der Waals surface area contributed by atoms with Crippen molar-refractivity contribution in [1.29, 1.82) is 0 Å². The second kappa shape index (κ2) is 12.7. The van der Waals surface area contributed by atoms with E-state index >= 15 is 0 Å². The van der Waals surface area contributed by atoms with Crippen molar-refractivity contribution in [3.63, 3.8) is 0 Å². The zero-order valence-electron chi connectivity index (χ0n) is 30.5. The average Bonchev–Trinajstić information content (AvgIpc) is 3.92. The van der Waals surface area contributed by atoms with Crippen molar-refractivity contribution >= 4 is 56.3 Å². The Morgan fingerprint density at radius 1 is 0.379 bits per heavy atom. The van der Waals surface area contributed by atoms with E-state index in [9.17, 15) is 0 Å². The van der Waals surface area contributed by atoms with Crippen molar-refractivity contribution in [2.24, 2.45) is 0 Å². The van der Waals surface area contributed by atoms with Gasteiger partial charge in [0.15, 0.2) is 34.2 Å². The van der Waals surface area contributed by atoms with E-state index < -0.39 is 0 Å². The Hall–Kier alpha value is -8.24. The van der Waals surface area contributed by atoms with Gasteiger partial charge in [-0.1, -0.05) is 60.7 Å². The lowest BCUT2D eigenvalue weighted by molar-refractivity contribution is 0.476. The van der Waals surface area contributed by atoms with Gasteiger partial charge in [0.25, 0.3) is 0 Å². The highest BCUT2D eigenvalue weighted by molar-refractivity contribution is 6.01. The van der Waals surface area contributed by atoms with Crippen LogP contribution in [0.25, 0.3) is 56.2 Å². The van der Waals surface area contributed by atoms with Gasteiger partial charge in [0, 0.05) is 34.6 Å². The van der Waals surface area contributed by atoms with E-state index in [4.69, 9.17) is 28.3 Å². The number of para-hydroxylation sites is 8. The van der Waals surface area contributed by atoms with Gasteiger partial charge < -0.3 is 28.1 Å². The van der Waals surface area contributed by atoms with E-state index in [0.717, 1.165) is 90.4 Å². The largest absolute Gasteiger partial charge is 0.453 e. The minimum Gasteiger partial charge on any atom is -0.453 e. The van der Waals surface area contributed by atoms with Crippen molar-refractivity contribution in [2.75, 3.05) is 9.80 Å². The third-order valence-electron chi connectivity index (χ3n) is 10.5. The second-order valence-electron chi connectivity index (χ2n) is 13.9. The molecule has 6 heterocycles. The predicted molar refractivity (Wildman–Crippen MR) is 223 cm³/mol. The first-order chi connectivity index (χ1) is 28.7. The molecule has 2 aliphatic rings. The molecule has 0 aliphatic carbocycles. The fraction of sp³-hybridized carbons (Fsp3) is 0. The zero-order chi connectivity index (χ0) is 38.2. The third-order valence-corrected chi connectivity index (χ3v) is 10.5. The Balaban J connectivity index is 1.15. The van der Waals surface area contributed by atoms with Gasteiger partial charge in [-0.05, 0) is 84.9 Å². The van der Waals surface area contributed by atoms with Gasteiger partial charge >= 0.3 is 0 Å². The number of hydrogen-bond acceptors (Lipinski definition) is 10. The summed E-state index contributed by atoms with van der Waals surface area (Å²) in [4.78, 5) is 22.8. The molecule has 0 fully saturated rings. The number of ether oxygens (including phenoxy) is 2. The first kappa shape index (κ1) is 32.0. The molecule has 274 valence electrons. The van der Waals surface area contributed by atoms with Gasteiger partial charge in [0.1, 0.15) is 11.0 Å². The van der Waals surface area contributed by atoms with Crippen LogP contribution in [0.3, 0.4) is 0 Å². The molecule has 12 rings (SSSR count). The van der Waals surface area contributed by atoms with Gasteiger partial charge in [0.05, 0.1) is 46.5 Å². The van der Waals surface area contributed by atoms with Crippen LogP contribution in [0.5, 0.6) is 23.0 Å². The number of nitrogens with zero attached hydrogens (tertiary/aromatic N) is 6. The average molecular weight is 753 g/mol. The van der Waals surface area contributed by atoms with Gasteiger partial charge in [-0.2, -0.15) is 0 Å². The van der Waals surface area contributed by atoms with E-state index in [0.29, 0.717) is 22.9 Å². The topological polar surface area (TPSA) is 103 Å². The molecule has 0 amide bonds. The van der Waals surface area contributed by atoms with Gasteiger partial charge in [0.2, 0.25) is 11.8 Å². The molecule has 0 saturated heterocycles. The van der Waals surface area contributed by atoms with Crippen LogP contribution in [-0.2, 0) is 0 Å². The van der Waals surface area contributed by atoms with E-state index in [1.165, 1.54) is 0 Å². The minimum atomic E-state index is 0.489. The first-order valence-electron chi connectivity index (χ1n) is 18.8. The van der Waals surface area contributed by atoms with Crippen molar-refractivity contribution in [3.05, 3.63) is 170 Å². The number of hydrogen-bond donors (Lipinski definition) is 0. The molecule has 0 saturated carbocycles. The van der Waals surface area contributed by atoms with E-state index in [1.54, 1.807) is 24.8 Å². The first-order valence-corrected chi connectivity index (χ1v) is 18.8. The lowest BCUT2D eigenvalue weighted by Crippen LogP contribution is -2.18. The summed E-state index contributed by atoms with van der Waals surface area (Å²) >= 11 is 0. The Bertz CT molecular complexity index is 2870. The van der Waals surface area contributed by atoms with Crippen LogP contribution >= 0.6 is 0 Å². The molecule has 4 aromatic heterocycles. The highest BCUT2D eigenvalue weighted by Gasteiger charge is 2.32. The van der Waals surface area contributed by atoms with Gasteiger partial charge in [-0.15, -0.1) is 0 Å². The van der Waals surface area contributed by atoms with Crippen LogP contribution in [0.15, 0.2) is 179 Å². The lowest BCUT2D eigenvalue weighted by atomic mass is 9.95. The molecule has 0 atom stereocenters. The predicted octanol–water partition coefficient (Wildman–Crippen LogP) is 12.9. The lowest BCUT2D eigenvalue weighted by Gasteiger charge is -2.36. The molecule has 0 spiro atoms. The van der Waals surface area contributed by atoms with Crippen molar-refractivity contribution < 1.29 is 18.3 Å². The Kier molecular flexibility index (Phi) is 6.99. The summed E-state index contributed by atoms with van der Waals surface area (Å²) < 4.78 is 25.6. The molecule has 6 aromatic carbocycles.